The summed E-state index contributed by atoms with van der Waals surface area (Å²) in [6, 6.07) is 8.12. The SMILES string of the molecule is Nc1ccc(-c2nnnn2C2CCC2)cc1. The van der Waals surface area contributed by atoms with Gasteiger partial charge in [0.1, 0.15) is 0 Å². The van der Waals surface area contributed by atoms with Crippen LogP contribution in [0.2, 0.25) is 0 Å². The van der Waals surface area contributed by atoms with Crippen molar-refractivity contribution in [2.45, 2.75) is 25.3 Å². The Morgan fingerprint density at radius 1 is 1.19 bits per heavy atom. The van der Waals surface area contributed by atoms with E-state index in [4.69, 9.17) is 5.73 Å². The molecule has 1 aromatic carbocycles. The molecule has 0 aliphatic heterocycles. The molecule has 5 heteroatoms. The second kappa shape index (κ2) is 3.59. The van der Waals surface area contributed by atoms with Crippen molar-refractivity contribution in [3.05, 3.63) is 24.3 Å². The number of rotatable bonds is 2. The Morgan fingerprint density at radius 2 is 1.94 bits per heavy atom. The molecular weight excluding hydrogens is 202 g/mol. The monoisotopic (exact) mass is 215 g/mol. The van der Waals surface area contributed by atoms with Gasteiger partial charge in [-0.1, -0.05) is 0 Å². The largest absolute Gasteiger partial charge is 0.399 e. The minimum atomic E-state index is 0.475. The molecule has 1 saturated carbocycles. The number of benzene rings is 1. The molecule has 16 heavy (non-hydrogen) atoms. The fourth-order valence-corrected chi connectivity index (χ4v) is 1.89. The lowest BCUT2D eigenvalue weighted by Crippen LogP contribution is -2.19. The normalized spacial score (nSPS) is 16.0. The molecule has 0 saturated heterocycles. The highest BCUT2D eigenvalue weighted by Crippen LogP contribution is 2.33. The molecule has 1 aliphatic carbocycles. The van der Waals surface area contributed by atoms with E-state index in [-0.39, 0.29) is 0 Å². The first-order valence-electron chi connectivity index (χ1n) is 5.48. The maximum Gasteiger partial charge on any atom is 0.182 e. The van der Waals surface area contributed by atoms with Crippen LogP contribution in [0, 0.1) is 0 Å². The van der Waals surface area contributed by atoms with E-state index in [1.807, 2.05) is 28.9 Å². The number of tetrazole rings is 1. The van der Waals surface area contributed by atoms with Crippen LogP contribution >= 0.6 is 0 Å². The molecule has 0 amide bonds. The number of nitrogens with zero attached hydrogens (tertiary/aromatic N) is 4. The van der Waals surface area contributed by atoms with E-state index in [2.05, 4.69) is 15.5 Å². The van der Waals surface area contributed by atoms with Crippen LogP contribution in [0.1, 0.15) is 25.3 Å². The molecule has 2 N–H and O–H groups in total. The number of hydrogen-bond donors (Lipinski definition) is 1. The highest BCUT2D eigenvalue weighted by molar-refractivity contribution is 5.58. The van der Waals surface area contributed by atoms with Crippen LogP contribution in [0.15, 0.2) is 24.3 Å². The average Bonchev–Trinajstić information content (AvgIpc) is 2.65. The summed E-state index contributed by atoms with van der Waals surface area (Å²) in [4.78, 5) is 0. The van der Waals surface area contributed by atoms with Gasteiger partial charge in [0.15, 0.2) is 5.82 Å². The summed E-state index contributed by atoms with van der Waals surface area (Å²) >= 11 is 0. The van der Waals surface area contributed by atoms with Gasteiger partial charge in [-0.25, -0.2) is 4.68 Å². The van der Waals surface area contributed by atoms with Crippen molar-refractivity contribution in [3.63, 3.8) is 0 Å². The van der Waals surface area contributed by atoms with E-state index < -0.39 is 0 Å². The van der Waals surface area contributed by atoms with Crippen molar-refractivity contribution < 1.29 is 0 Å². The molecule has 0 spiro atoms. The summed E-state index contributed by atoms with van der Waals surface area (Å²) in [7, 11) is 0. The average molecular weight is 215 g/mol. The molecule has 0 unspecified atom stereocenters. The second-order valence-electron chi connectivity index (χ2n) is 4.15. The van der Waals surface area contributed by atoms with Crippen molar-refractivity contribution in [1.29, 1.82) is 0 Å². The molecule has 1 aromatic heterocycles. The molecule has 1 aliphatic rings. The number of anilines is 1. The summed E-state index contributed by atoms with van der Waals surface area (Å²) in [5, 5.41) is 11.9. The summed E-state index contributed by atoms with van der Waals surface area (Å²) in [5.41, 5.74) is 7.43. The molecule has 0 radical (unpaired) electrons. The fourth-order valence-electron chi connectivity index (χ4n) is 1.89. The van der Waals surface area contributed by atoms with Crippen LogP contribution < -0.4 is 5.73 Å². The topological polar surface area (TPSA) is 69.6 Å². The van der Waals surface area contributed by atoms with E-state index in [1.165, 1.54) is 19.3 Å². The molecule has 1 fully saturated rings. The van der Waals surface area contributed by atoms with Crippen LogP contribution in [0.3, 0.4) is 0 Å². The number of hydrogen-bond acceptors (Lipinski definition) is 4. The van der Waals surface area contributed by atoms with Crippen molar-refractivity contribution in [3.8, 4) is 11.4 Å². The van der Waals surface area contributed by atoms with E-state index in [9.17, 15) is 0 Å². The van der Waals surface area contributed by atoms with E-state index in [0.717, 1.165) is 17.1 Å². The maximum absolute atomic E-state index is 5.66. The zero-order valence-electron chi connectivity index (χ0n) is 8.87. The number of nitrogen functional groups attached to an aromatic ring is 1. The molecule has 1 heterocycles. The zero-order valence-corrected chi connectivity index (χ0v) is 8.87. The Bertz CT molecular complexity index is 483. The maximum atomic E-state index is 5.66. The summed E-state index contributed by atoms with van der Waals surface area (Å²) < 4.78 is 1.93. The first kappa shape index (κ1) is 9.33. The van der Waals surface area contributed by atoms with Gasteiger partial charge in [-0.15, -0.1) is 5.10 Å². The van der Waals surface area contributed by atoms with Crippen LogP contribution in [0.5, 0.6) is 0 Å². The minimum Gasteiger partial charge on any atom is -0.399 e. The van der Waals surface area contributed by atoms with Gasteiger partial charge in [-0.3, -0.25) is 0 Å². The van der Waals surface area contributed by atoms with E-state index in [1.54, 1.807) is 0 Å². The smallest absolute Gasteiger partial charge is 0.182 e. The van der Waals surface area contributed by atoms with Crippen LogP contribution in [0.4, 0.5) is 5.69 Å². The summed E-state index contributed by atoms with van der Waals surface area (Å²) in [5.74, 6) is 0.838. The first-order valence-corrected chi connectivity index (χ1v) is 5.48. The molecule has 82 valence electrons. The third-order valence-electron chi connectivity index (χ3n) is 3.08. The molecule has 2 aromatic rings. The van der Waals surface area contributed by atoms with Gasteiger partial charge in [-0.05, 0) is 54.0 Å². The van der Waals surface area contributed by atoms with E-state index >= 15 is 0 Å². The highest BCUT2D eigenvalue weighted by Gasteiger charge is 2.24. The second-order valence-corrected chi connectivity index (χ2v) is 4.15. The number of aromatic nitrogens is 4. The van der Waals surface area contributed by atoms with Gasteiger partial charge in [0.05, 0.1) is 6.04 Å². The van der Waals surface area contributed by atoms with Gasteiger partial charge in [0, 0.05) is 11.3 Å². The predicted octanol–water partition coefficient (Wildman–Crippen LogP) is 1.65. The van der Waals surface area contributed by atoms with Crippen LogP contribution in [0.25, 0.3) is 11.4 Å². The quantitative estimate of drug-likeness (QED) is 0.773. The zero-order chi connectivity index (χ0) is 11.0. The Kier molecular flexibility index (Phi) is 2.09. The van der Waals surface area contributed by atoms with E-state index in [0.29, 0.717) is 6.04 Å². The van der Waals surface area contributed by atoms with Crippen molar-refractivity contribution in [1.82, 2.24) is 20.2 Å². The predicted molar refractivity (Wildman–Crippen MR) is 60.6 cm³/mol. The van der Waals surface area contributed by atoms with Gasteiger partial charge < -0.3 is 5.73 Å². The Labute approximate surface area is 93.3 Å². The first-order chi connectivity index (χ1) is 7.84. The van der Waals surface area contributed by atoms with Gasteiger partial charge in [0.2, 0.25) is 0 Å². The standard InChI is InChI=1S/C11H13N5/c12-9-6-4-8(5-7-9)11-13-14-15-16(11)10-2-1-3-10/h4-7,10H,1-3,12H2. The Hall–Kier alpha value is -1.91. The molecular formula is C11H13N5. The lowest BCUT2D eigenvalue weighted by Gasteiger charge is -2.25. The Balaban J connectivity index is 1.99. The third kappa shape index (κ3) is 1.44. The molecule has 0 bridgehead atoms. The third-order valence-corrected chi connectivity index (χ3v) is 3.08. The molecule has 5 nitrogen and oxygen atoms in total. The van der Waals surface area contributed by atoms with Crippen LogP contribution in [-0.4, -0.2) is 20.2 Å². The van der Waals surface area contributed by atoms with Crippen LogP contribution in [-0.2, 0) is 0 Å². The summed E-state index contributed by atoms with van der Waals surface area (Å²) in [6.07, 6.45) is 3.62. The number of nitrogens with two attached hydrogens (primary N) is 1. The molecule has 0 atom stereocenters. The Morgan fingerprint density at radius 3 is 2.56 bits per heavy atom. The van der Waals surface area contributed by atoms with Crippen molar-refractivity contribution in [2.75, 3.05) is 5.73 Å². The minimum absolute atomic E-state index is 0.475. The fraction of sp³-hybridized carbons (Fsp3) is 0.364. The van der Waals surface area contributed by atoms with Gasteiger partial charge >= 0.3 is 0 Å². The highest BCUT2D eigenvalue weighted by atomic mass is 15.6. The molecule has 3 rings (SSSR count). The van der Waals surface area contributed by atoms with Crippen molar-refractivity contribution in [2.24, 2.45) is 0 Å². The van der Waals surface area contributed by atoms with Gasteiger partial charge in [-0.2, -0.15) is 0 Å². The lowest BCUT2D eigenvalue weighted by atomic mass is 9.93. The lowest BCUT2D eigenvalue weighted by molar-refractivity contribution is 0.287. The van der Waals surface area contributed by atoms with Gasteiger partial charge in [0.25, 0.3) is 0 Å². The summed E-state index contributed by atoms with van der Waals surface area (Å²) in [6.45, 7) is 0. The van der Waals surface area contributed by atoms with Crippen molar-refractivity contribution >= 4 is 5.69 Å².